The van der Waals surface area contributed by atoms with Gasteiger partial charge in [-0.2, -0.15) is 0 Å². The van der Waals surface area contributed by atoms with E-state index in [1.165, 1.54) is 18.1 Å². The molecular weight excluding hydrogens is 525 g/mol. The van der Waals surface area contributed by atoms with Crippen LogP contribution in [0.1, 0.15) is 18.4 Å². The van der Waals surface area contributed by atoms with Crippen LogP contribution in [0.2, 0.25) is 0 Å². The number of halogens is 1. The molecule has 1 spiro atoms. The Kier molecular flexibility index (Phi) is 6.08. The topological polar surface area (TPSA) is 146 Å². The number of anilines is 2. The summed E-state index contributed by atoms with van der Waals surface area (Å²) in [5, 5.41) is 6.99. The lowest BCUT2D eigenvalue weighted by Gasteiger charge is -2.47. The second kappa shape index (κ2) is 9.50. The lowest BCUT2D eigenvalue weighted by molar-refractivity contribution is -0.146. The maximum absolute atomic E-state index is 15.4. The first-order chi connectivity index (χ1) is 19.2. The molecule has 2 aromatic carbocycles. The number of nitrogens with one attached hydrogen (secondary N) is 3. The number of hydrogen-bond acceptors (Lipinski definition) is 8. The van der Waals surface area contributed by atoms with E-state index in [-0.39, 0.29) is 31.1 Å². The van der Waals surface area contributed by atoms with Crippen LogP contribution in [0.15, 0.2) is 36.4 Å². The molecule has 6 rings (SSSR count). The van der Waals surface area contributed by atoms with E-state index in [2.05, 4.69) is 20.7 Å². The number of methoxy groups -OCH3 is 1. The van der Waals surface area contributed by atoms with Gasteiger partial charge in [0.2, 0.25) is 11.8 Å². The average Bonchev–Trinajstić information content (AvgIpc) is 3.57. The van der Waals surface area contributed by atoms with Crippen molar-refractivity contribution in [3.63, 3.8) is 0 Å². The summed E-state index contributed by atoms with van der Waals surface area (Å²) in [6.45, 7) is 0.818. The predicted molar refractivity (Wildman–Crippen MR) is 138 cm³/mol. The fourth-order valence-electron chi connectivity index (χ4n) is 6.20. The van der Waals surface area contributed by atoms with E-state index >= 15 is 4.39 Å². The number of benzene rings is 2. The van der Waals surface area contributed by atoms with E-state index in [1.54, 1.807) is 24.3 Å². The Morgan fingerprint density at radius 1 is 1.15 bits per heavy atom. The van der Waals surface area contributed by atoms with Crippen molar-refractivity contribution < 1.29 is 37.8 Å². The van der Waals surface area contributed by atoms with E-state index in [1.807, 2.05) is 11.0 Å². The molecule has 13 heteroatoms. The van der Waals surface area contributed by atoms with Crippen molar-refractivity contribution in [1.82, 2.24) is 16.0 Å². The highest BCUT2D eigenvalue weighted by atomic mass is 19.1. The monoisotopic (exact) mass is 551 g/mol. The van der Waals surface area contributed by atoms with Gasteiger partial charge < -0.3 is 19.7 Å². The van der Waals surface area contributed by atoms with Crippen LogP contribution >= 0.6 is 0 Å². The molecule has 12 nitrogen and oxygen atoms in total. The highest BCUT2D eigenvalue weighted by Crippen LogP contribution is 2.48. The van der Waals surface area contributed by atoms with Crippen molar-refractivity contribution in [2.24, 2.45) is 5.41 Å². The first-order valence-corrected chi connectivity index (χ1v) is 12.9. The number of urea groups is 1. The van der Waals surface area contributed by atoms with Crippen LogP contribution in [0.25, 0.3) is 11.1 Å². The van der Waals surface area contributed by atoms with Gasteiger partial charge in [0.05, 0.1) is 31.9 Å². The number of ether oxygens (including phenoxy) is 2. The Labute approximate surface area is 227 Å². The molecule has 3 fully saturated rings. The first kappa shape index (κ1) is 25.6. The fourth-order valence-corrected chi connectivity index (χ4v) is 6.20. The van der Waals surface area contributed by atoms with Crippen LogP contribution in [0.3, 0.4) is 0 Å². The van der Waals surface area contributed by atoms with Crippen molar-refractivity contribution in [1.29, 1.82) is 0 Å². The predicted octanol–water partition coefficient (Wildman–Crippen LogP) is 2.05. The number of barbiturate groups is 1. The maximum atomic E-state index is 15.4. The SMILES string of the molecule is COC(=O)NC[C@H]1CN(c2ccc(-c3ccc4c(c3)CC3(C(=O)NC(=O)NC3=O)C3CCCN43)c(F)c2)C(=O)O1. The standard InChI is InChI=1S/C27H26FN5O7/c1-39-25(37)29-12-17-13-33(26(38)40-17)16-5-6-18(19(28)10-16)14-4-7-20-15(9-14)11-27(21-3-2-8-32(20)21)22(34)30-24(36)31-23(27)35/h4-7,9-10,17,21H,2-3,8,11-13H2,1H3,(H,29,37)(H2,30,31,34,35,36)/t17-,21?/m0/s1. The van der Waals surface area contributed by atoms with E-state index in [4.69, 9.17) is 4.74 Å². The van der Waals surface area contributed by atoms with Crippen LogP contribution in [0.5, 0.6) is 0 Å². The Bertz CT molecular complexity index is 1440. The van der Waals surface area contributed by atoms with Gasteiger partial charge in [0.15, 0.2) is 5.41 Å². The number of rotatable bonds is 4. The quantitative estimate of drug-likeness (QED) is 0.490. The molecule has 0 bridgehead atoms. The molecule has 2 atom stereocenters. The van der Waals surface area contributed by atoms with E-state index in [0.29, 0.717) is 29.8 Å². The number of imide groups is 2. The molecule has 0 aromatic heterocycles. The summed E-state index contributed by atoms with van der Waals surface area (Å²) < 4.78 is 25.2. The van der Waals surface area contributed by atoms with Gasteiger partial charge in [-0.3, -0.25) is 25.1 Å². The number of alkyl carbamates (subject to hydrolysis) is 1. The highest BCUT2D eigenvalue weighted by Gasteiger charge is 2.60. The average molecular weight is 552 g/mol. The van der Waals surface area contributed by atoms with E-state index in [9.17, 15) is 24.0 Å². The molecule has 0 aliphatic carbocycles. The summed E-state index contributed by atoms with van der Waals surface area (Å²) in [6.07, 6.45) is -0.448. The molecule has 6 amide bonds. The number of fused-ring (bicyclic) bond motifs is 4. The zero-order valence-electron chi connectivity index (χ0n) is 21.5. The Morgan fingerprint density at radius 3 is 2.65 bits per heavy atom. The summed E-state index contributed by atoms with van der Waals surface area (Å²) in [4.78, 5) is 65.0. The third-order valence-electron chi connectivity index (χ3n) is 8.05. The lowest BCUT2D eigenvalue weighted by atomic mass is 9.68. The number of carbonyl (C=O) groups is 5. The number of carbonyl (C=O) groups excluding carboxylic acids is 5. The van der Waals surface area contributed by atoms with Crippen molar-refractivity contribution >= 4 is 41.4 Å². The van der Waals surface area contributed by atoms with Gasteiger partial charge in [-0.1, -0.05) is 6.07 Å². The number of cyclic esters (lactones) is 1. The van der Waals surface area contributed by atoms with Crippen LogP contribution in [-0.4, -0.2) is 68.9 Å². The molecule has 208 valence electrons. The minimum Gasteiger partial charge on any atom is -0.453 e. The second-order valence-corrected chi connectivity index (χ2v) is 10.2. The molecular formula is C27H26FN5O7. The molecule has 1 unspecified atom stereocenters. The van der Waals surface area contributed by atoms with Gasteiger partial charge >= 0.3 is 18.2 Å². The smallest absolute Gasteiger partial charge is 0.414 e. The van der Waals surface area contributed by atoms with Gasteiger partial charge in [0, 0.05) is 17.8 Å². The zero-order valence-corrected chi connectivity index (χ0v) is 21.5. The minimum absolute atomic E-state index is 0.0498. The Morgan fingerprint density at radius 2 is 1.93 bits per heavy atom. The van der Waals surface area contributed by atoms with Gasteiger partial charge in [0.1, 0.15) is 11.9 Å². The van der Waals surface area contributed by atoms with Crippen molar-refractivity contribution in [2.45, 2.75) is 31.4 Å². The van der Waals surface area contributed by atoms with Crippen LogP contribution in [0, 0.1) is 11.2 Å². The summed E-state index contributed by atoms with van der Waals surface area (Å²) >= 11 is 0. The fraction of sp³-hybridized carbons (Fsp3) is 0.370. The van der Waals surface area contributed by atoms with E-state index in [0.717, 1.165) is 12.1 Å². The van der Waals surface area contributed by atoms with Gasteiger partial charge in [-0.15, -0.1) is 0 Å². The molecule has 4 aliphatic heterocycles. The van der Waals surface area contributed by atoms with Gasteiger partial charge in [-0.05, 0) is 60.7 Å². The molecule has 0 saturated carbocycles. The van der Waals surface area contributed by atoms with Gasteiger partial charge in [0.25, 0.3) is 0 Å². The molecule has 3 saturated heterocycles. The number of amides is 6. The minimum atomic E-state index is -1.46. The van der Waals surface area contributed by atoms with Crippen molar-refractivity contribution in [3.8, 4) is 11.1 Å². The summed E-state index contributed by atoms with van der Waals surface area (Å²) in [6, 6.07) is 8.58. The van der Waals surface area contributed by atoms with Crippen molar-refractivity contribution in [3.05, 3.63) is 47.8 Å². The molecule has 40 heavy (non-hydrogen) atoms. The van der Waals surface area contributed by atoms with Gasteiger partial charge in [-0.25, -0.2) is 18.8 Å². The Balaban J connectivity index is 1.27. The second-order valence-electron chi connectivity index (χ2n) is 10.2. The number of nitrogens with zero attached hydrogens (tertiary/aromatic N) is 2. The van der Waals surface area contributed by atoms with Crippen molar-refractivity contribution in [2.75, 3.05) is 36.5 Å². The largest absolute Gasteiger partial charge is 0.453 e. The molecule has 0 radical (unpaired) electrons. The van der Waals surface area contributed by atoms with Crippen LogP contribution < -0.4 is 25.8 Å². The third kappa shape index (κ3) is 4.00. The summed E-state index contributed by atoms with van der Waals surface area (Å²) in [5.74, 6) is -1.82. The molecule has 4 heterocycles. The zero-order chi connectivity index (χ0) is 28.2. The number of hydrogen-bond donors (Lipinski definition) is 3. The molecule has 3 N–H and O–H groups in total. The summed E-state index contributed by atoms with van der Waals surface area (Å²) in [7, 11) is 1.22. The third-order valence-corrected chi connectivity index (χ3v) is 8.05. The highest BCUT2D eigenvalue weighted by molar-refractivity contribution is 6.20. The lowest BCUT2D eigenvalue weighted by Crippen LogP contribution is -2.70. The van der Waals surface area contributed by atoms with E-state index < -0.39 is 47.4 Å². The normalized spacial score (nSPS) is 22.9. The summed E-state index contributed by atoms with van der Waals surface area (Å²) in [5.41, 5.74) is 1.21. The van der Waals surface area contributed by atoms with Crippen LogP contribution in [0.4, 0.5) is 30.1 Å². The maximum Gasteiger partial charge on any atom is 0.414 e. The molecule has 2 aromatic rings. The van der Waals surface area contributed by atoms with Crippen LogP contribution in [-0.2, 0) is 25.5 Å². The Hall–Kier alpha value is -4.68. The first-order valence-electron chi connectivity index (χ1n) is 12.9. The molecule has 4 aliphatic rings.